The summed E-state index contributed by atoms with van der Waals surface area (Å²) in [6.07, 6.45) is 0. The predicted octanol–water partition coefficient (Wildman–Crippen LogP) is -8.17. The monoisotopic (exact) mass is 318 g/mol. The van der Waals surface area contributed by atoms with Crippen molar-refractivity contribution in [2.45, 2.75) is 0 Å². The number of carboxylic acid groups (broad SMARTS) is 5. The van der Waals surface area contributed by atoms with Gasteiger partial charge in [0.2, 0.25) is 0 Å². The van der Waals surface area contributed by atoms with Crippen LogP contribution in [-0.4, -0.2) is 32.4 Å². The van der Waals surface area contributed by atoms with E-state index in [2.05, 4.69) is 0 Å². The maximum absolute atomic E-state index is 8.25. The van der Waals surface area contributed by atoms with E-state index in [0.29, 0.717) is 0 Å². The predicted molar refractivity (Wildman–Crippen MR) is 30.3 cm³/mol. The van der Waals surface area contributed by atoms with Gasteiger partial charge in [0.1, 0.15) is 0 Å². The fourth-order valence-corrected chi connectivity index (χ4v) is 0. The molecule has 16 heavy (non-hydrogen) atoms. The fraction of sp³-hybridized carbons (Fsp3) is 0. The average Bonchev–Trinajstić information content (AvgIpc) is 2.09. The first-order chi connectivity index (χ1) is 7.07. The minimum Gasteiger partial charge on any atom is -0.554 e. The summed E-state index contributed by atoms with van der Waals surface area (Å²) in [5, 5.41) is 41.2. The Balaban J connectivity index is -0.0000000192. The molecule has 10 nitrogen and oxygen atoms in total. The van der Waals surface area contributed by atoms with Gasteiger partial charge in [0.05, 0.1) is 0 Å². The smallest absolute Gasteiger partial charge is 0.554 e. The largest absolute Gasteiger partial charge is 5.00 e. The van der Waals surface area contributed by atoms with Crippen molar-refractivity contribution in [3.05, 3.63) is 0 Å². The molecule has 0 aromatic heterocycles. The summed E-state index contributed by atoms with van der Waals surface area (Å²) in [5.74, 6) is 0. The molecule has 0 bridgehead atoms. The second kappa shape index (κ2) is 200. The molecule has 0 saturated carbocycles. The first-order valence-corrected chi connectivity index (χ1v) is 2.36. The van der Waals surface area contributed by atoms with Crippen LogP contribution in [0.1, 0.15) is 0 Å². The molecule has 0 spiro atoms. The number of carbonyl (C=O) groups excluding carboxylic acids is 5. The average molecular weight is 318 g/mol. The van der Waals surface area contributed by atoms with Gasteiger partial charge < -0.3 is 49.5 Å². The summed E-state index contributed by atoms with van der Waals surface area (Å²) in [6, 6.07) is 0. The van der Waals surface area contributed by atoms with E-state index >= 15 is 0 Å². The van der Waals surface area contributed by atoms with Gasteiger partial charge in [0.15, 0.2) is 0 Å². The minimum absolute atomic E-state index is 0. The zero-order valence-electron chi connectivity index (χ0n) is 7.42. The second-order valence-electron chi connectivity index (χ2n) is 0.481. The van der Waals surface area contributed by atoms with Crippen LogP contribution < -0.4 is 25.5 Å². The summed E-state index contributed by atoms with van der Waals surface area (Å²) >= 11 is 0. The van der Waals surface area contributed by atoms with Gasteiger partial charge in [0, 0.05) is 32.4 Å². The molecule has 0 saturated heterocycles. The summed E-state index contributed by atoms with van der Waals surface area (Å²) in [7, 11) is 0. The van der Waals surface area contributed by atoms with E-state index in [1.165, 1.54) is 0 Å². The summed E-state index contributed by atoms with van der Waals surface area (Å²) in [4.78, 5) is 41.2. The molecule has 0 rings (SSSR count). The van der Waals surface area contributed by atoms with Gasteiger partial charge in [-0.25, -0.2) is 0 Å². The van der Waals surface area contributed by atoms with Crippen molar-refractivity contribution in [3.8, 4) is 0 Å². The third-order valence-corrected chi connectivity index (χ3v) is 0. The molecule has 0 aromatic rings. The molecule has 0 aliphatic heterocycles. The van der Waals surface area contributed by atoms with E-state index in [1.54, 1.807) is 0 Å². The fourth-order valence-electron chi connectivity index (χ4n) is 0. The van der Waals surface area contributed by atoms with E-state index in [1.807, 2.05) is 0 Å². The van der Waals surface area contributed by atoms with Crippen molar-refractivity contribution in [2.75, 3.05) is 0 Å². The molecule has 0 radical (unpaired) electrons. The van der Waals surface area contributed by atoms with Crippen molar-refractivity contribution >= 4 is 32.4 Å². The summed E-state index contributed by atoms with van der Waals surface area (Å²) in [5.41, 5.74) is 0. The Morgan fingerprint density at radius 3 is 0.438 bits per heavy atom. The van der Waals surface area contributed by atoms with Gasteiger partial charge in [-0.2, -0.15) is 0 Å². The van der Waals surface area contributed by atoms with Gasteiger partial charge >= 0.3 is 22.4 Å². The van der Waals surface area contributed by atoms with Crippen molar-refractivity contribution in [3.63, 3.8) is 0 Å². The molecule has 0 aliphatic carbocycles. The van der Waals surface area contributed by atoms with E-state index in [0.717, 1.165) is 0 Å². The van der Waals surface area contributed by atoms with Gasteiger partial charge in [-0.3, -0.25) is 0 Å². The van der Waals surface area contributed by atoms with Crippen LogP contribution in [0.4, 0.5) is 0 Å². The number of hydrogen-bond donors (Lipinski definition) is 0. The first kappa shape index (κ1) is 36.9. The van der Waals surface area contributed by atoms with Crippen LogP contribution in [0.3, 0.4) is 0 Å². The van der Waals surface area contributed by atoms with Gasteiger partial charge in [-0.05, 0) is 0 Å². The van der Waals surface area contributed by atoms with Crippen LogP contribution in [0.25, 0.3) is 0 Å². The first-order valence-electron chi connectivity index (χ1n) is 2.36. The van der Waals surface area contributed by atoms with Crippen LogP contribution in [-0.2, 0) is 46.4 Å². The van der Waals surface area contributed by atoms with Gasteiger partial charge in [-0.15, -0.1) is 0 Å². The zero-order valence-corrected chi connectivity index (χ0v) is 9.61. The van der Waals surface area contributed by atoms with E-state index in [4.69, 9.17) is 49.5 Å². The molecule has 0 unspecified atom stereocenters. The van der Waals surface area contributed by atoms with Gasteiger partial charge in [0.25, 0.3) is 0 Å². The molecule has 0 aliphatic rings. The second-order valence-corrected chi connectivity index (χ2v) is 0.481. The van der Waals surface area contributed by atoms with Crippen molar-refractivity contribution in [1.82, 2.24) is 0 Å². The van der Waals surface area contributed by atoms with E-state index in [9.17, 15) is 0 Å². The number of carbonyl (C=O) groups is 5. The normalized spacial score (nSPS) is 3.75. The molecule has 0 atom stereocenters. The Labute approximate surface area is 105 Å². The van der Waals surface area contributed by atoms with Crippen molar-refractivity contribution in [2.24, 2.45) is 0 Å². The Kier molecular flexibility index (Phi) is 462. The summed E-state index contributed by atoms with van der Waals surface area (Å²) in [6.45, 7) is -2.50. The molecule has 0 amide bonds. The van der Waals surface area contributed by atoms with Crippen LogP contribution in [0.2, 0.25) is 0 Å². The molecule has 0 fully saturated rings. The maximum Gasteiger partial charge on any atom is 5.00 e. The Morgan fingerprint density at radius 1 is 0.438 bits per heavy atom. The number of hydrogen-bond acceptors (Lipinski definition) is 10. The van der Waals surface area contributed by atoms with Crippen molar-refractivity contribution in [1.29, 1.82) is 0 Å². The minimum atomic E-state index is -0.500. The number of rotatable bonds is 0. The Bertz CT molecular complexity index is 91.5. The van der Waals surface area contributed by atoms with Crippen LogP contribution in [0, 0.1) is 0 Å². The Hall–Kier alpha value is -1.91. The molecule has 11 heteroatoms. The molecule has 0 N–H and O–H groups in total. The van der Waals surface area contributed by atoms with Crippen LogP contribution >= 0.6 is 0 Å². The maximum atomic E-state index is 8.25. The van der Waals surface area contributed by atoms with E-state index in [-0.39, 0.29) is 22.4 Å². The SMILES string of the molecule is O=C[O-].O=C[O-].O=C[O-].O=C[O-].O=C[O-].[Nb+5]. The third kappa shape index (κ3) is 408. The van der Waals surface area contributed by atoms with Crippen LogP contribution in [0.5, 0.6) is 0 Å². The molecule has 0 aromatic carbocycles. The summed E-state index contributed by atoms with van der Waals surface area (Å²) < 4.78 is 0. The topological polar surface area (TPSA) is 201 Å². The standard InChI is InChI=1S/5CH2O2.Nb/c5*2-1-3;/h5*1H,(H,2,3);/q;;;;;+5/p-5. The third-order valence-electron chi connectivity index (χ3n) is 0. The quantitative estimate of drug-likeness (QED) is 0.305. The Morgan fingerprint density at radius 2 is 0.438 bits per heavy atom. The molecular formula is C5H5NbO10. The molecular weight excluding hydrogens is 313 g/mol. The van der Waals surface area contributed by atoms with Gasteiger partial charge in [-0.1, -0.05) is 0 Å². The van der Waals surface area contributed by atoms with Crippen LogP contribution in [0.15, 0.2) is 0 Å². The van der Waals surface area contributed by atoms with Crippen molar-refractivity contribution < 1.29 is 71.9 Å². The molecule has 90 valence electrons. The zero-order chi connectivity index (χ0) is 13.5. The van der Waals surface area contributed by atoms with E-state index < -0.39 is 32.4 Å². The molecule has 0 heterocycles.